The molecule has 22 heavy (non-hydrogen) atoms. The van der Waals surface area contributed by atoms with Crippen LogP contribution in [0.3, 0.4) is 0 Å². The molecule has 1 fully saturated rings. The first-order valence-corrected chi connectivity index (χ1v) is 7.59. The summed E-state index contributed by atoms with van der Waals surface area (Å²) in [4.78, 5) is 26.1. The summed E-state index contributed by atoms with van der Waals surface area (Å²) in [7, 11) is 0. The van der Waals surface area contributed by atoms with Crippen LogP contribution in [0.25, 0.3) is 0 Å². The Hall–Kier alpha value is -1.89. The molecule has 122 valence electrons. The second kappa shape index (κ2) is 6.91. The normalized spacial score (nSPS) is 18.6. The van der Waals surface area contributed by atoms with Gasteiger partial charge in [0, 0.05) is 25.0 Å². The van der Waals surface area contributed by atoms with Crippen LogP contribution in [-0.2, 0) is 11.4 Å². The number of aliphatic hydroxyl groups excluding tert-OH is 1. The third-order valence-corrected chi connectivity index (χ3v) is 3.92. The van der Waals surface area contributed by atoms with Gasteiger partial charge >= 0.3 is 0 Å². The minimum absolute atomic E-state index is 0.0476. The molecular formula is C15H23N3O4. The fraction of sp³-hybridized carbons (Fsp3) is 0.667. The van der Waals surface area contributed by atoms with Gasteiger partial charge in [-0.25, -0.2) is 0 Å². The van der Waals surface area contributed by atoms with Crippen molar-refractivity contribution in [3.63, 3.8) is 0 Å². The standard InChI is InChI=1S/C15H23N3O4/c1-9(2)15(21)18-6-4-5-11(7-18)16-14(20)13-12(8-19)10(3)22-17-13/h9,11,19H,4-8H2,1-3H3,(H,16,20)/t11-/m1/s1. The number of aliphatic hydroxyl groups is 1. The van der Waals surface area contributed by atoms with Crippen molar-refractivity contribution in [1.82, 2.24) is 15.4 Å². The van der Waals surface area contributed by atoms with Crippen molar-refractivity contribution in [2.45, 2.75) is 46.3 Å². The average Bonchev–Trinajstić information content (AvgIpc) is 2.87. The Labute approximate surface area is 129 Å². The lowest BCUT2D eigenvalue weighted by molar-refractivity contribution is -0.135. The van der Waals surface area contributed by atoms with Crippen molar-refractivity contribution in [3.05, 3.63) is 17.0 Å². The highest BCUT2D eigenvalue weighted by molar-refractivity contribution is 5.94. The van der Waals surface area contributed by atoms with E-state index in [1.54, 1.807) is 11.8 Å². The van der Waals surface area contributed by atoms with Gasteiger partial charge in [0.25, 0.3) is 5.91 Å². The molecule has 0 aliphatic carbocycles. The van der Waals surface area contributed by atoms with E-state index in [9.17, 15) is 14.7 Å². The van der Waals surface area contributed by atoms with E-state index < -0.39 is 0 Å². The largest absolute Gasteiger partial charge is 0.391 e. The van der Waals surface area contributed by atoms with Gasteiger partial charge in [-0.15, -0.1) is 0 Å². The summed E-state index contributed by atoms with van der Waals surface area (Å²) >= 11 is 0. The number of nitrogens with zero attached hydrogens (tertiary/aromatic N) is 2. The number of nitrogens with one attached hydrogen (secondary N) is 1. The van der Waals surface area contributed by atoms with Gasteiger partial charge in [-0.3, -0.25) is 9.59 Å². The Balaban J connectivity index is 2.01. The molecule has 2 amide bonds. The van der Waals surface area contributed by atoms with Crippen LogP contribution in [0.2, 0.25) is 0 Å². The van der Waals surface area contributed by atoms with Crippen molar-refractivity contribution < 1.29 is 19.2 Å². The van der Waals surface area contributed by atoms with Crippen LogP contribution in [0.5, 0.6) is 0 Å². The number of piperidine rings is 1. The Morgan fingerprint density at radius 2 is 2.23 bits per heavy atom. The van der Waals surface area contributed by atoms with Gasteiger partial charge in [0.15, 0.2) is 5.69 Å². The van der Waals surface area contributed by atoms with E-state index in [2.05, 4.69) is 10.5 Å². The van der Waals surface area contributed by atoms with E-state index in [0.717, 1.165) is 19.4 Å². The molecule has 7 heteroatoms. The molecule has 0 aromatic carbocycles. The second-order valence-electron chi connectivity index (χ2n) is 5.98. The van der Waals surface area contributed by atoms with Gasteiger partial charge in [-0.1, -0.05) is 19.0 Å². The van der Waals surface area contributed by atoms with Crippen LogP contribution >= 0.6 is 0 Å². The fourth-order valence-corrected chi connectivity index (χ4v) is 2.67. The molecule has 2 rings (SSSR count). The van der Waals surface area contributed by atoms with Crippen molar-refractivity contribution in [1.29, 1.82) is 0 Å². The second-order valence-corrected chi connectivity index (χ2v) is 5.98. The highest BCUT2D eigenvalue weighted by Crippen LogP contribution is 2.16. The smallest absolute Gasteiger partial charge is 0.274 e. The van der Waals surface area contributed by atoms with Gasteiger partial charge in [-0.2, -0.15) is 0 Å². The summed E-state index contributed by atoms with van der Waals surface area (Å²) in [6, 6.07) is -0.104. The molecule has 1 aromatic heterocycles. The molecule has 0 radical (unpaired) electrons. The first-order chi connectivity index (χ1) is 10.4. The monoisotopic (exact) mass is 309 g/mol. The molecule has 0 bridgehead atoms. The third kappa shape index (κ3) is 3.47. The maximum absolute atomic E-state index is 12.3. The minimum Gasteiger partial charge on any atom is -0.391 e. The van der Waals surface area contributed by atoms with Gasteiger partial charge in [-0.05, 0) is 19.8 Å². The quantitative estimate of drug-likeness (QED) is 0.859. The summed E-state index contributed by atoms with van der Waals surface area (Å²) in [6.07, 6.45) is 1.67. The predicted molar refractivity (Wildman–Crippen MR) is 79.1 cm³/mol. The molecule has 0 spiro atoms. The zero-order valence-corrected chi connectivity index (χ0v) is 13.3. The molecule has 1 saturated heterocycles. The van der Waals surface area contributed by atoms with Gasteiger partial charge in [0.1, 0.15) is 5.76 Å². The lowest BCUT2D eigenvalue weighted by atomic mass is 10.0. The number of hydrogen-bond donors (Lipinski definition) is 2. The third-order valence-electron chi connectivity index (χ3n) is 3.92. The average molecular weight is 309 g/mol. The number of carbonyl (C=O) groups is 2. The van der Waals surface area contributed by atoms with Crippen LogP contribution in [0, 0.1) is 12.8 Å². The molecule has 1 aliphatic heterocycles. The molecule has 1 atom stereocenters. The summed E-state index contributed by atoms with van der Waals surface area (Å²) in [5, 5.41) is 15.9. The van der Waals surface area contributed by atoms with Crippen LogP contribution in [0.1, 0.15) is 48.5 Å². The fourth-order valence-electron chi connectivity index (χ4n) is 2.67. The molecule has 7 nitrogen and oxygen atoms in total. The molecule has 1 aliphatic rings. The first kappa shape index (κ1) is 16.5. The van der Waals surface area contributed by atoms with E-state index in [0.29, 0.717) is 17.9 Å². The van der Waals surface area contributed by atoms with Gasteiger partial charge in [0.05, 0.1) is 12.2 Å². The van der Waals surface area contributed by atoms with Crippen LogP contribution in [0.15, 0.2) is 4.52 Å². The van der Waals surface area contributed by atoms with E-state index >= 15 is 0 Å². The summed E-state index contributed by atoms with van der Waals surface area (Å²) < 4.78 is 4.95. The van der Waals surface area contributed by atoms with Crippen LogP contribution in [0.4, 0.5) is 0 Å². The Morgan fingerprint density at radius 1 is 1.50 bits per heavy atom. The van der Waals surface area contributed by atoms with Crippen molar-refractivity contribution in [3.8, 4) is 0 Å². The summed E-state index contributed by atoms with van der Waals surface area (Å²) in [5.41, 5.74) is 0.524. The summed E-state index contributed by atoms with van der Waals surface area (Å²) in [6.45, 7) is 6.34. The predicted octanol–water partition coefficient (Wildman–Crippen LogP) is 0.852. The van der Waals surface area contributed by atoms with Crippen molar-refractivity contribution in [2.75, 3.05) is 13.1 Å². The highest BCUT2D eigenvalue weighted by Gasteiger charge is 2.28. The first-order valence-electron chi connectivity index (χ1n) is 7.59. The van der Waals surface area contributed by atoms with Crippen LogP contribution in [-0.4, -0.2) is 46.1 Å². The molecule has 2 heterocycles. The molecule has 2 N–H and O–H groups in total. The number of amides is 2. The topological polar surface area (TPSA) is 95.7 Å². The van der Waals surface area contributed by atoms with E-state index in [4.69, 9.17) is 4.52 Å². The van der Waals surface area contributed by atoms with E-state index in [1.165, 1.54) is 0 Å². The lowest BCUT2D eigenvalue weighted by Gasteiger charge is -2.34. The zero-order valence-electron chi connectivity index (χ0n) is 13.3. The minimum atomic E-state index is -0.371. The number of hydrogen-bond acceptors (Lipinski definition) is 5. The van der Waals surface area contributed by atoms with Gasteiger partial charge in [0.2, 0.25) is 5.91 Å². The Bertz CT molecular complexity index is 553. The van der Waals surface area contributed by atoms with E-state index in [-0.39, 0.29) is 36.1 Å². The highest BCUT2D eigenvalue weighted by atomic mass is 16.5. The maximum Gasteiger partial charge on any atom is 0.274 e. The number of carbonyl (C=O) groups excluding carboxylic acids is 2. The molecule has 0 unspecified atom stereocenters. The Kier molecular flexibility index (Phi) is 5.18. The maximum atomic E-state index is 12.3. The Morgan fingerprint density at radius 3 is 2.86 bits per heavy atom. The number of aromatic nitrogens is 1. The number of aryl methyl sites for hydroxylation is 1. The van der Waals surface area contributed by atoms with E-state index in [1.807, 2.05) is 13.8 Å². The molecule has 1 aromatic rings. The molecule has 0 saturated carbocycles. The number of rotatable bonds is 4. The summed E-state index contributed by atoms with van der Waals surface area (Å²) in [5.74, 6) is 0.124. The lowest BCUT2D eigenvalue weighted by Crippen LogP contribution is -2.50. The van der Waals surface area contributed by atoms with Crippen molar-refractivity contribution >= 4 is 11.8 Å². The SMILES string of the molecule is Cc1onc(C(=O)N[C@@H]2CCCN(C(=O)C(C)C)C2)c1CO. The van der Waals surface area contributed by atoms with Crippen molar-refractivity contribution in [2.24, 2.45) is 5.92 Å². The molecular weight excluding hydrogens is 286 g/mol. The zero-order chi connectivity index (χ0) is 16.3. The van der Waals surface area contributed by atoms with Crippen LogP contribution < -0.4 is 5.32 Å². The van der Waals surface area contributed by atoms with Gasteiger partial charge < -0.3 is 19.8 Å². The number of likely N-dealkylation sites (tertiary alicyclic amines) is 1.